The van der Waals surface area contributed by atoms with E-state index in [1.54, 1.807) is 6.07 Å². The Hall–Kier alpha value is -1.32. The lowest BCUT2D eigenvalue weighted by Gasteiger charge is -2.34. The van der Waals surface area contributed by atoms with E-state index in [-0.39, 0.29) is 11.2 Å². The highest BCUT2D eigenvalue weighted by Gasteiger charge is 2.34. The van der Waals surface area contributed by atoms with Crippen molar-refractivity contribution in [1.82, 2.24) is 4.57 Å². The van der Waals surface area contributed by atoms with E-state index in [2.05, 4.69) is 13.8 Å². The molecule has 1 unspecified atom stereocenters. The predicted molar refractivity (Wildman–Crippen MR) is 82.5 cm³/mol. The smallest absolute Gasteiger partial charge is 0.126 e. The number of hydrogen-bond donors (Lipinski definition) is 1. The molecule has 1 N–H and O–H groups in total. The Bertz CT molecular complexity index is 685. The molecule has 0 radical (unpaired) electrons. The van der Waals surface area contributed by atoms with Gasteiger partial charge in [0.1, 0.15) is 5.82 Å². The van der Waals surface area contributed by atoms with Gasteiger partial charge in [0.25, 0.3) is 0 Å². The minimum absolute atomic E-state index is 0.0199. The molecule has 0 saturated heterocycles. The molecule has 0 amide bonds. The Morgan fingerprint density at radius 2 is 2.00 bits per heavy atom. The molecule has 0 bridgehead atoms. The van der Waals surface area contributed by atoms with Crippen LogP contribution in [0.5, 0.6) is 0 Å². The zero-order valence-electron chi connectivity index (χ0n) is 12.5. The van der Waals surface area contributed by atoms with Gasteiger partial charge in [-0.15, -0.1) is 0 Å². The lowest BCUT2D eigenvalue weighted by Crippen LogP contribution is -2.26. The molecule has 3 rings (SSSR count). The summed E-state index contributed by atoms with van der Waals surface area (Å²) in [5.74, 6) is -0.352. The van der Waals surface area contributed by atoms with Crippen molar-refractivity contribution in [3.63, 3.8) is 0 Å². The molecular weight excluding hydrogens is 289 g/mol. The molecule has 21 heavy (non-hydrogen) atoms. The number of rotatable bonds is 1. The van der Waals surface area contributed by atoms with Crippen LogP contribution >= 0.6 is 11.6 Å². The van der Waals surface area contributed by atoms with Crippen molar-refractivity contribution in [1.29, 1.82) is 0 Å². The first kappa shape index (κ1) is 14.6. The average molecular weight is 308 g/mol. The molecule has 1 aliphatic rings. The van der Waals surface area contributed by atoms with Crippen LogP contribution < -0.4 is 0 Å². The molecule has 0 spiro atoms. The maximum Gasteiger partial charge on any atom is 0.126 e. The number of hydrogen-bond acceptors (Lipinski definition) is 1. The predicted octanol–water partition coefficient (Wildman–Crippen LogP) is 4.58. The first-order valence-electron chi connectivity index (χ1n) is 7.12. The number of fused-ring (bicyclic) bond motifs is 1. The third-order valence-corrected chi connectivity index (χ3v) is 4.39. The number of aryl methyl sites for hydroxylation is 1. The van der Waals surface area contributed by atoms with E-state index in [0.717, 1.165) is 29.8 Å². The molecule has 1 heterocycles. The molecule has 0 fully saturated rings. The van der Waals surface area contributed by atoms with E-state index in [1.165, 1.54) is 12.1 Å². The van der Waals surface area contributed by atoms with Crippen LogP contribution in [0.3, 0.4) is 0 Å². The topological polar surface area (TPSA) is 25.2 Å². The van der Waals surface area contributed by atoms with Gasteiger partial charge in [-0.25, -0.2) is 4.39 Å². The van der Waals surface area contributed by atoms with Crippen LogP contribution in [0.15, 0.2) is 24.3 Å². The summed E-state index contributed by atoms with van der Waals surface area (Å²) in [5, 5.41) is 10.8. The van der Waals surface area contributed by atoms with Crippen LogP contribution in [0.25, 0.3) is 5.69 Å². The van der Waals surface area contributed by atoms with E-state index >= 15 is 0 Å². The Balaban J connectivity index is 2.21. The normalized spacial score (nSPS) is 20.4. The fraction of sp³-hybridized carbons (Fsp3) is 0.412. The van der Waals surface area contributed by atoms with E-state index in [0.29, 0.717) is 10.7 Å². The van der Waals surface area contributed by atoms with Crippen molar-refractivity contribution in [3.05, 3.63) is 52.1 Å². The summed E-state index contributed by atoms with van der Waals surface area (Å²) in [5.41, 5.74) is 3.72. The van der Waals surface area contributed by atoms with Crippen LogP contribution in [-0.4, -0.2) is 9.67 Å². The summed E-state index contributed by atoms with van der Waals surface area (Å²) in [6.45, 7) is 6.26. The van der Waals surface area contributed by atoms with Crippen molar-refractivity contribution in [2.24, 2.45) is 5.41 Å². The quantitative estimate of drug-likeness (QED) is 0.819. The first-order chi connectivity index (χ1) is 9.77. The Morgan fingerprint density at radius 1 is 1.29 bits per heavy atom. The number of aromatic nitrogens is 1. The molecule has 0 saturated carbocycles. The average Bonchev–Trinajstić information content (AvgIpc) is 2.63. The standard InChI is InChI=1S/C17H19ClFNO/c1-10-4-14-15(8-17(2,3)9-16(14)21)20(10)13-6-11(18)5-12(19)7-13/h4-7,16,21H,8-9H2,1-3H3. The summed E-state index contributed by atoms with van der Waals surface area (Å²) in [7, 11) is 0. The number of benzene rings is 1. The highest BCUT2D eigenvalue weighted by molar-refractivity contribution is 6.30. The van der Waals surface area contributed by atoms with Crippen LogP contribution in [0.4, 0.5) is 4.39 Å². The van der Waals surface area contributed by atoms with Crippen molar-refractivity contribution in [3.8, 4) is 5.69 Å². The molecule has 1 aliphatic carbocycles. The lowest BCUT2D eigenvalue weighted by atomic mass is 9.75. The monoisotopic (exact) mass is 307 g/mol. The van der Waals surface area contributed by atoms with Crippen LogP contribution in [0.1, 0.15) is 43.3 Å². The highest BCUT2D eigenvalue weighted by Crippen LogP contribution is 2.43. The van der Waals surface area contributed by atoms with Gasteiger partial charge in [0.05, 0.1) is 6.10 Å². The van der Waals surface area contributed by atoms with Gasteiger partial charge in [-0.1, -0.05) is 25.4 Å². The highest BCUT2D eigenvalue weighted by atomic mass is 35.5. The third kappa shape index (κ3) is 2.60. The second-order valence-electron chi connectivity index (χ2n) is 6.71. The number of aliphatic hydroxyl groups is 1. The Labute approximate surface area is 129 Å². The molecule has 2 nitrogen and oxygen atoms in total. The molecule has 1 aromatic heterocycles. The van der Waals surface area contributed by atoms with Gasteiger partial charge >= 0.3 is 0 Å². The summed E-state index contributed by atoms with van der Waals surface area (Å²) < 4.78 is 15.7. The minimum atomic E-state index is -0.465. The zero-order valence-corrected chi connectivity index (χ0v) is 13.2. The molecule has 1 atom stereocenters. The summed E-state index contributed by atoms with van der Waals surface area (Å²) in [4.78, 5) is 0. The Morgan fingerprint density at radius 3 is 2.67 bits per heavy atom. The molecule has 112 valence electrons. The molecular formula is C17H19ClFNO. The van der Waals surface area contributed by atoms with E-state index < -0.39 is 6.10 Å². The summed E-state index contributed by atoms with van der Waals surface area (Å²) in [6.07, 6.45) is 1.13. The maximum atomic E-state index is 13.7. The van der Waals surface area contributed by atoms with Gasteiger partial charge in [-0.3, -0.25) is 0 Å². The fourth-order valence-corrected chi connectivity index (χ4v) is 3.59. The van der Waals surface area contributed by atoms with Crippen LogP contribution in [0.2, 0.25) is 5.02 Å². The van der Waals surface area contributed by atoms with Crippen LogP contribution in [-0.2, 0) is 6.42 Å². The van der Waals surface area contributed by atoms with Crippen molar-refractivity contribution < 1.29 is 9.50 Å². The van der Waals surface area contributed by atoms with Gasteiger partial charge in [0.15, 0.2) is 0 Å². The molecule has 0 aliphatic heterocycles. The van der Waals surface area contributed by atoms with E-state index in [1.807, 2.05) is 17.6 Å². The second kappa shape index (κ2) is 4.85. The summed E-state index contributed by atoms with van der Waals surface area (Å²) >= 11 is 5.98. The van der Waals surface area contributed by atoms with Gasteiger partial charge in [-0.05, 0) is 49.4 Å². The van der Waals surface area contributed by atoms with E-state index in [4.69, 9.17) is 11.6 Å². The van der Waals surface area contributed by atoms with Gasteiger partial charge < -0.3 is 9.67 Å². The van der Waals surface area contributed by atoms with Gasteiger partial charge in [0, 0.05) is 27.7 Å². The molecule has 1 aromatic carbocycles. The van der Waals surface area contributed by atoms with Crippen molar-refractivity contribution >= 4 is 11.6 Å². The summed E-state index contributed by atoms with van der Waals surface area (Å²) in [6, 6.07) is 6.53. The maximum absolute atomic E-state index is 13.7. The Kier molecular flexibility index (Phi) is 3.38. The number of halogens is 2. The number of nitrogens with zero attached hydrogens (tertiary/aromatic N) is 1. The SMILES string of the molecule is Cc1cc2c(n1-c1cc(F)cc(Cl)c1)CC(C)(C)CC2O. The zero-order chi connectivity index (χ0) is 15.4. The first-order valence-corrected chi connectivity index (χ1v) is 7.50. The van der Waals surface area contributed by atoms with E-state index in [9.17, 15) is 9.50 Å². The molecule has 2 aromatic rings. The van der Waals surface area contributed by atoms with Gasteiger partial charge in [-0.2, -0.15) is 0 Å². The lowest BCUT2D eigenvalue weighted by molar-refractivity contribution is 0.0987. The number of aliphatic hydroxyl groups excluding tert-OH is 1. The fourth-order valence-electron chi connectivity index (χ4n) is 3.37. The minimum Gasteiger partial charge on any atom is -0.388 e. The van der Waals surface area contributed by atoms with Gasteiger partial charge in [0.2, 0.25) is 0 Å². The van der Waals surface area contributed by atoms with Crippen molar-refractivity contribution in [2.45, 2.75) is 39.7 Å². The third-order valence-electron chi connectivity index (χ3n) is 4.18. The van der Waals surface area contributed by atoms with Crippen molar-refractivity contribution in [2.75, 3.05) is 0 Å². The van der Waals surface area contributed by atoms with Crippen LogP contribution in [0, 0.1) is 18.2 Å². The molecule has 4 heteroatoms. The largest absolute Gasteiger partial charge is 0.388 e. The second-order valence-corrected chi connectivity index (χ2v) is 7.15.